The van der Waals surface area contributed by atoms with E-state index in [-0.39, 0.29) is 17.6 Å². The normalized spacial score (nSPS) is 15.9. The first-order chi connectivity index (χ1) is 15.5. The van der Waals surface area contributed by atoms with Gasteiger partial charge in [-0.1, -0.05) is 47.2 Å². The molecule has 166 valence electrons. The van der Waals surface area contributed by atoms with Gasteiger partial charge in [0, 0.05) is 25.3 Å². The SMILES string of the molecule is Cc1cccc(CC(=O)NC2CCCN(c3nc(C(N)=O)c(Nc4ccccn4)s3)C2)c1. The number of nitrogens with two attached hydrogens (primary N) is 1. The molecule has 32 heavy (non-hydrogen) atoms. The number of aryl methyl sites for hydroxylation is 1. The number of pyridine rings is 1. The zero-order valence-electron chi connectivity index (χ0n) is 17.9. The number of nitrogens with one attached hydrogen (secondary N) is 2. The number of amides is 2. The van der Waals surface area contributed by atoms with Gasteiger partial charge in [-0.05, 0) is 37.5 Å². The molecule has 1 fully saturated rings. The number of hydrogen-bond donors (Lipinski definition) is 3. The third-order valence-electron chi connectivity index (χ3n) is 5.26. The fraction of sp³-hybridized carbons (Fsp3) is 0.304. The van der Waals surface area contributed by atoms with Crippen LogP contribution >= 0.6 is 11.3 Å². The van der Waals surface area contributed by atoms with E-state index in [0.29, 0.717) is 28.9 Å². The maximum Gasteiger partial charge on any atom is 0.270 e. The lowest BCUT2D eigenvalue weighted by Gasteiger charge is -2.33. The summed E-state index contributed by atoms with van der Waals surface area (Å²) in [6.45, 7) is 3.46. The number of rotatable bonds is 7. The Hall–Kier alpha value is -3.46. The quantitative estimate of drug-likeness (QED) is 0.510. The van der Waals surface area contributed by atoms with E-state index in [9.17, 15) is 9.59 Å². The van der Waals surface area contributed by atoms with E-state index in [0.717, 1.165) is 30.5 Å². The van der Waals surface area contributed by atoms with Gasteiger partial charge in [-0.3, -0.25) is 9.59 Å². The first-order valence-corrected chi connectivity index (χ1v) is 11.4. The summed E-state index contributed by atoms with van der Waals surface area (Å²) < 4.78 is 0. The molecular formula is C23H26N6O2S. The zero-order chi connectivity index (χ0) is 22.5. The van der Waals surface area contributed by atoms with Crippen molar-refractivity contribution in [1.82, 2.24) is 15.3 Å². The van der Waals surface area contributed by atoms with Crippen molar-refractivity contribution >= 4 is 39.1 Å². The number of benzene rings is 1. The summed E-state index contributed by atoms with van der Waals surface area (Å²) in [4.78, 5) is 35.3. The predicted octanol–water partition coefficient (Wildman–Crippen LogP) is 3.02. The third-order valence-corrected chi connectivity index (χ3v) is 6.29. The molecule has 0 aliphatic carbocycles. The van der Waals surface area contributed by atoms with E-state index >= 15 is 0 Å². The molecule has 1 atom stereocenters. The first-order valence-electron chi connectivity index (χ1n) is 10.6. The smallest absolute Gasteiger partial charge is 0.270 e. The van der Waals surface area contributed by atoms with Gasteiger partial charge < -0.3 is 21.3 Å². The fourth-order valence-electron chi connectivity index (χ4n) is 3.80. The van der Waals surface area contributed by atoms with Crippen molar-refractivity contribution in [2.45, 2.75) is 32.2 Å². The van der Waals surface area contributed by atoms with Crippen LogP contribution < -0.4 is 21.3 Å². The van der Waals surface area contributed by atoms with Crippen LogP contribution in [0.3, 0.4) is 0 Å². The van der Waals surface area contributed by atoms with E-state index in [1.54, 1.807) is 6.20 Å². The molecule has 2 amide bonds. The minimum atomic E-state index is -0.592. The van der Waals surface area contributed by atoms with Crippen LogP contribution in [0.2, 0.25) is 0 Å². The van der Waals surface area contributed by atoms with E-state index in [2.05, 4.69) is 25.5 Å². The van der Waals surface area contributed by atoms with Crippen LogP contribution in [0.25, 0.3) is 0 Å². The van der Waals surface area contributed by atoms with Crippen LogP contribution in [-0.2, 0) is 11.2 Å². The third kappa shape index (κ3) is 5.42. The van der Waals surface area contributed by atoms with E-state index in [4.69, 9.17) is 5.73 Å². The van der Waals surface area contributed by atoms with Crippen LogP contribution in [0.1, 0.15) is 34.5 Å². The Morgan fingerprint density at radius 1 is 1.25 bits per heavy atom. The summed E-state index contributed by atoms with van der Waals surface area (Å²) in [6.07, 6.45) is 3.86. The molecule has 4 rings (SSSR count). The Morgan fingerprint density at radius 2 is 2.12 bits per heavy atom. The van der Waals surface area contributed by atoms with Crippen LogP contribution in [0.4, 0.5) is 16.0 Å². The second kappa shape index (κ2) is 9.78. The van der Waals surface area contributed by atoms with Crippen molar-refractivity contribution in [3.05, 3.63) is 65.5 Å². The van der Waals surface area contributed by atoms with Gasteiger partial charge >= 0.3 is 0 Å². The lowest BCUT2D eigenvalue weighted by Crippen LogP contribution is -2.48. The number of primary amides is 1. The lowest BCUT2D eigenvalue weighted by molar-refractivity contribution is -0.121. The number of carbonyl (C=O) groups excluding carboxylic acids is 2. The van der Waals surface area contributed by atoms with Crippen molar-refractivity contribution in [3.8, 4) is 0 Å². The molecule has 1 aliphatic heterocycles. The number of piperidine rings is 1. The Bertz CT molecular complexity index is 1100. The molecule has 9 heteroatoms. The fourth-order valence-corrected chi connectivity index (χ4v) is 4.82. The standard InChI is InChI=1S/C23H26N6O2S/c1-15-6-4-7-16(12-15)13-19(30)26-17-8-5-11-29(14-17)23-28-20(21(24)31)22(32-23)27-18-9-2-3-10-25-18/h2-4,6-7,9-10,12,17H,5,8,11,13-14H2,1H3,(H2,24,31)(H,25,27)(H,26,30). The van der Waals surface area contributed by atoms with E-state index < -0.39 is 5.91 Å². The molecule has 2 aromatic heterocycles. The molecule has 4 N–H and O–H groups in total. The van der Waals surface area contributed by atoms with Gasteiger partial charge in [0.1, 0.15) is 10.8 Å². The number of nitrogens with zero attached hydrogens (tertiary/aromatic N) is 3. The lowest BCUT2D eigenvalue weighted by atomic mass is 10.0. The van der Waals surface area contributed by atoms with Gasteiger partial charge in [-0.25, -0.2) is 9.97 Å². The maximum absolute atomic E-state index is 12.6. The maximum atomic E-state index is 12.6. The summed E-state index contributed by atoms with van der Waals surface area (Å²) in [7, 11) is 0. The predicted molar refractivity (Wildman–Crippen MR) is 126 cm³/mol. The van der Waals surface area contributed by atoms with E-state index in [1.165, 1.54) is 11.3 Å². The molecule has 0 saturated carbocycles. The van der Waals surface area contributed by atoms with Gasteiger partial charge in [0.25, 0.3) is 5.91 Å². The molecule has 1 aromatic carbocycles. The van der Waals surface area contributed by atoms with Crippen molar-refractivity contribution in [3.63, 3.8) is 0 Å². The highest BCUT2D eigenvalue weighted by molar-refractivity contribution is 7.20. The molecule has 0 bridgehead atoms. The summed E-state index contributed by atoms with van der Waals surface area (Å²) in [6, 6.07) is 13.5. The largest absolute Gasteiger partial charge is 0.364 e. The van der Waals surface area contributed by atoms with E-state index in [1.807, 2.05) is 49.4 Å². The summed E-state index contributed by atoms with van der Waals surface area (Å²) in [5.74, 6) is 0.0352. The Morgan fingerprint density at radius 3 is 2.88 bits per heavy atom. The van der Waals surface area contributed by atoms with Gasteiger partial charge in [0.2, 0.25) is 5.91 Å². The molecule has 1 aliphatic rings. The minimum absolute atomic E-state index is 0.0110. The second-order valence-corrected chi connectivity index (χ2v) is 8.87. The highest BCUT2D eigenvalue weighted by Gasteiger charge is 2.26. The van der Waals surface area contributed by atoms with Crippen LogP contribution in [0, 0.1) is 6.92 Å². The van der Waals surface area contributed by atoms with Crippen molar-refractivity contribution < 1.29 is 9.59 Å². The zero-order valence-corrected chi connectivity index (χ0v) is 18.7. The Kier molecular flexibility index (Phi) is 6.65. The van der Waals surface area contributed by atoms with Crippen LogP contribution in [-0.4, -0.2) is 40.9 Å². The van der Waals surface area contributed by atoms with Crippen LogP contribution in [0.5, 0.6) is 0 Å². The number of aromatic nitrogens is 2. The number of carbonyl (C=O) groups is 2. The Balaban J connectivity index is 1.43. The summed E-state index contributed by atoms with van der Waals surface area (Å²) in [5.41, 5.74) is 7.90. The topological polar surface area (TPSA) is 113 Å². The molecule has 0 spiro atoms. The highest BCUT2D eigenvalue weighted by Crippen LogP contribution is 2.34. The molecule has 1 saturated heterocycles. The van der Waals surface area contributed by atoms with Gasteiger partial charge in [-0.15, -0.1) is 0 Å². The highest BCUT2D eigenvalue weighted by atomic mass is 32.1. The number of thiazole rings is 1. The van der Waals surface area contributed by atoms with Gasteiger partial charge in [0.15, 0.2) is 10.8 Å². The minimum Gasteiger partial charge on any atom is -0.364 e. The van der Waals surface area contributed by atoms with Crippen molar-refractivity contribution in [2.75, 3.05) is 23.3 Å². The number of hydrogen-bond acceptors (Lipinski definition) is 7. The molecule has 8 nitrogen and oxygen atoms in total. The van der Waals surface area contributed by atoms with Crippen LogP contribution in [0.15, 0.2) is 48.7 Å². The molecule has 3 aromatic rings. The molecule has 1 unspecified atom stereocenters. The van der Waals surface area contributed by atoms with Gasteiger partial charge in [0.05, 0.1) is 6.42 Å². The first kappa shape index (κ1) is 21.8. The molecule has 3 heterocycles. The van der Waals surface area contributed by atoms with Crippen molar-refractivity contribution in [1.29, 1.82) is 0 Å². The van der Waals surface area contributed by atoms with Crippen molar-refractivity contribution in [2.24, 2.45) is 5.73 Å². The average Bonchev–Trinajstić information content (AvgIpc) is 3.19. The monoisotopic (exact) mass is 450 g/mol. The van der Waals surface area contributed by atoms with Gasteiger partial charge in [-0.2, -0.15) is 0 Å². The Labute approximate surface area is 190 Å². The number of anilines is 3. The molecular weight excluding hydrogens is 424 g/mol. The second-order valence-electron chi connectivity index (χ2n) is 7.90. The average molecular weight is 451 g/mol. The summed E-state index contributed by atoms with van der Waals surface area (Å²) in [5, 5.41) is 7.56. The molecule has 0 radical (unpaired) electrons. The summed E-state index contributed by atoms with van der Waals surface area (Å²) >= 11 is 1.36.